The maximum atomic E-state index is 11.2. The van der Waals surface area contributed by atoms with Gasteiger partial charge in [-0.25, -0.2) is 0 Å². The summed E-state index contributed by atoms with van der Waals surface area (Å²) in [6.45, 7) is 2.85. The van der Waals surface area contributed by atoms with Crippen LogP contribution in [-0.4, -0.2) is 33.9 Å². The maximum absolute atomic E-state index is 11.2. The lowest BCUT2D eigenvalue weighted by molar-refractivity contribution is 0.176. The third-order valence-electron chi connectivity index (χ3n) is 2.48. The van der Waals surface area contributed by atoms with Crippen LogP contribution < -0.4 is 5.32 Å². The van der Waals surface area contributed by atoms with E-state index in [0.717, 1.165) is 0 Å². The van der Waals surface area contributed by atoms with E-state index >= 15 is 0 Å². The van der Waals surface area contributed by atoms with Crippen LogP contribution in [0.2, 0.25) is 10.0 Å². The molecule has 0 aliphatic heterocycles. The van der Waals surface area contributed by atoms with Crippen molar-refractivity contribution in [3.63, 3.8) is 0 Å². The molecule has 0 amide bonds. The Hall–Kier alpha value is -0.130. The molecule has 2 N–H and O–H groups in total. The van der Waals surface area contributed by atoms with Crippen LogP contribution >= 0.6 is 23.2 Å². The summed E-state index contributed by atoms with van der Waals surface area (Å²) >= 11 is 11.8. The van der Waals surface area contributed by atoms with Crippen molar-refractivity contribution in [2.45, 2.75) is 13.0 Å². The number of aliphatic hydroxyl groups is 1. The van der Waals surface area contributed by atoms with Crippen LogP contribution in [0.1, 0.15) is 18.6 Å². The molecule has 1 aromatic carbocycles. The van der Waals surface area contributed by atoms with Gasteiger partial charge in [0.05, 0.1) is 6.10 Å². The van der Waals surface area contributed by atoms with Gasteiger partial charge in [-0.2, -0.15) is 0 Å². The van der Waals surface area contributed by atoms with Gasteiger partial charge in [-0.1, -0.05) is 30.1 Å². The minimum absolute atomic E-state index is 0.362. The zero-order valence-corrected chi connectivity index (χ0v) is 12.5. The Kier molecular flexibility index (Phi) is 7.19. The minimum Gasteiger partial charge on any atom is -0.387 e. The van der Waals surface area contributed by atoms with Crippen LogP contribution in [0.5, 0.6) is 0 Å². The van der Waals surface area contributed by atoms with Gasteiger partial charge in [0.2, 0.25) is 0 Å². The predicted octanol–water partition coefficient (Wildman–Crippen LogP) is 2.38. The lowest BCUT2D eigenvalue weighted by Crippen LogP contribution is -2.26. The Morgan fingerprint density at radius 1 is 1.44 bits per heavy atom. The monoisotopic (exact) mass is 309 g/mol. The van der Waals surface area contributed by atoms with Gasteiger partial charge in [-0.3, -0.25) is 4.21 Å². The number of halogens is 2. The average molecular weight is 310 g/mol. The van der Waals surface area contributed by atoms with Crippen LogP contribution in [0.25, 0.3) is 0 Å². The Labute approximate surface area is 120 Å². The van der Waals surface area contributed by atoms with Crippen LogP contribution in [-0.2, 0) is 10.8 Å². The molecule has 0 bridgehead atoms. The van der Waals surface area contributed by atoms with Gasteiger partial charge in [0.15, 0.2) is 0 Å². The summed E-state index contributed by atoms with van der Waals surface area (Å²) in [7, 11) is -0.786. The summed E-state index contributed by atoms with van der Waals surface area (Å²) in [6.07, 6.45) is -0.716. The third kappa shape index (κ3) is 5.24. The van der Waals surface area contributed by atoms with Gasteiger partial charge in [-0.05, 0) is 18.2 Å². The average Bonchev–Trinajstić information content (AvgIpc) is 2.36. The molecule has 1 rings (SSSR count). The topological polar surface area (TPSA) is 49.3 Å². The molecule has 0 aliphatic carbocycles. The van der Waals surface area contributed by atoms with Gasteiger partial charge in [0, 0.05) is 51.0 Å². The van der Waals surface area contributed by atoms with E-state index in [1.54, 1.807) is 18.2 Å². The number of hydrogen-bond acceptors (Lipinski definition) is 3. The molecule has 0 heterocycles. The highest BCUT2D eigenvalue weighted by molar-refractivity contribution is 7.84. The van der Waals surface area contributed by atoms with Crippen molar-refractivity contribution in [3.8, 4) is 0 Å². The van der Waals surface area contributed by atoms with Crippen molar-refractivity contribution in [3.05, 3.63) is 33.8 Å². The summed E-state index contributed by atoms with van der Waals surface area (Å²) in [4.78, 5) is 0. The number of hydrogen-bond donors (Lipinski definition) is 2. The van der Waals surface area contributed by atoms with Crippen molar-refractivity contribution in [2.75, 3.05) is 24.6 Å². The van der Waals surface area contributed by atoms with Gasteiger partial charge >= 0.3 is 0 Å². The molecule has 2 atom stereocenters. The molecule has 0 aliphatic rings. The highest BCUT2D eigenvalue weighted by atomic mass is 35.5. The van der Waals surface area contributed by atoms with E-state index in [9.17, 15) is 9.32 Å². The highest BCUT2D eigenvalue weighted by Crippen LogP contribution is 2.25. The Bertz CT molecular complexity index is 415. The molecule has 0 saturated carbocycles. The first-order valence-corrected chi connectivity index (χ1v) is 7.97. The van der Waals surface area contributed by atoms with E-state index in [0.29, 0.717) is 40.2 Å². The van der Waals surface area contributed by atoms with Gasteiger partial charge in [-0.15, -0.1) is 0 Å². The molecule has 18 heavy (non-hydrogen) atoms. The smallest absolute Gasteiger partial charge is 0.0929 e. The number of rotatable bonds is 7. The Morgan fingerprint density at radius 3 is 2.83 bits per heavy atom. The standard InChI is InChI=1S/C12H17Cl2NO2S/c1-2-18(17)6-5-15-8-12(16)10-7-9(13)3-4-11(10)14/h3-4,7,12,15-16H,2,5-6,8H2,1H3. The van der Waals surface area contributed by atoms with E-state index < -0.39 is 16.9 Å². The molecule has 0 spiro atoms. The summed E-state index contributed by atoms with van der Waals surface area (Å²) in [6, 6.07) is 4.99. The normalized spacial score (nSPS) is 14.4. The fourth-order valence-electron chi connectivity index (χ4n) is 1.45. The second kappa shape index (κ2) is 8.12. The lowest BCUT2D eigenvalue weighted by atomic mass is 10.1. The molecule has 0 aromatic heterocycles. The summed E-state index contributed by atoms with van der Waals surface area (Å²) in [5.74, 6) is 1.25. The molecule has 1 aromatic rings. The Balaban J connectivity index is 2.43. The maximum Gasteiger partial charge on any atom is 0.0929 e. The van der Waals surface area contributed by atoms with Gasteiger partial charge in [0.1, 0.15) is 0 Å². The van der Waals surface area contributed by atoms with Crippen molar-refractivity contribution in [2.24, 2.45) is 0 Å². The Morgan fingerprint density at radius 2 is 2.17 bits per heavy atom. The van der Waals surface area contributed by atoms with E-state index in [1.807, 2.05) is 6.92 Å². The summed E-state index contributed by atoms with van der Waals surface area (Å²) in [5.41, 5.74) is 0.605. The quantitative estimate of drug-likeness (QED) is 0.760. The number of nitrogens with one attached hydrogen (secondary N) is 1. The number of benzene rings is 1. The zero-order chi connectivity index (χ0) is 13.5. The van der Waals surface area contributed by atoms with Crippen molar-refractivity contribution in [1.82, 2.24) is 5.32 Å². The summed E-state index contributed by atoms with van der Waals surface area (Å²) < 4.78 is 11.2. The molecule has 6 heteroatoms. The largest absolute Gasteiger partial charge is 0.387 e. The minimum atomic E-state index is -0.786. The highest BCUT2D eigenvalue weighted by Gasteiger charge is 2.11. The molecule has 0 saturated heterocycles. The van der Waals surface area contributed by atoms with Crippen molar-refractivity contribution in [1.29, 1.82) is 0 Å². The first-order valence-electron chi connectivity index (χ1n) is 5.73. The van der Waals surface area contributed by atoms with Crippen LogP contribution in [0.3, 0.4) is 0 Å². The zero-order valence-electron chi connectivity index (χ0n) is 10.2. The van der Waals surface area contributed by atoms with Crippen LogP contribution in [0.15, 0.2) is 18.2 Å². The molecule has 0 fully saturated rings. The fourth-order valence-corrected chi connectivity index (χ4v) is 2.53. The molecule has 102 valence electrons. The first kappa shape index (κ1) is 15.9. The van der Waals surface area contributed by atoms with E-state index in [1.165, 1.54) is 0 Å². The first-order chi connectivity index (χ1) is 8.54. The van der Waals surface area contributed by atoms with Crippen molar-refractivity contribution < 1.29 is 9.32 Å². The molecule has 3 nitrogen and oxygen atoms in total. The molecule has 2 unspecified atom stereocenters. The second-order valence-corrected chi connectivity index (χ2v) is 6.53. The molecular formula is C12H17Cl2NO2S. The van der Waals surface area contributed by atoms with E-state index in [2.05, 4.69) is 5.32 Å². The number of aliphatic hydroxyl groups excluding tert-OH is 1. The fraction of sp³-hybridized carbons (Fsp3) is 0.500. The SMILES string of the molecule is CCS(=O)CCNCC(O)c1cc(Cl)ccc1Cl. The van der Waals surface area contributed by atoms with Gasteiger partial charge < -0.3 is 10.4 Å². The van der Waals surface area contributed by atoms with E-state index in [-0.39, 0.29) is 0 Å². The second-order valence-electron chi connectivity index (χ2n) is 3.82. The molecular weight excluding hydrogens is 293 g/mol. The molecule has 0 radical (unpaired) electrons. The van der Waals surface area contributed by atoms with Crippen LogP contribution in [0, 0.1) is 0 Å². The van der Waals surface area contributed by atoms with E-state index in [4.69, 9.17) is 23.2 Å². The van der Waals surface area contributed by atoms with Crippen LogP contribution in [0.4, 0.5) is 0 Å². The third-order valence-corrected chi connectivity index (χ3v) is 4.37. The summed E-state index contributed by atoms with van der Waals surface area (Å²) in [5, 5.41) is 14.1. The predicted molar refractivity (Wildman–Crippen MR) is 77.8 cm³/mol. The van der Waals surface area contributed by atoms with Gasteiger partial charge in [0.25, 0.3) is 0 Å². The van der Waals surface area contributed by atoms with Crippen molar-refractivity contribution >= 4 is 34.0 Å². The lowest BCUT2D eigenvalue weighted by Gasteiger charge is -2.14.